The zero-order valence-corrected chi connectivity index (χ0v) is 25.6. The molecular weight excluding hydrogens is 644 g/mol. The van der Waals surface area contributed by atoms with Gasteiger partial charge in [-0.2, -0.15) is 0 Å². The molecule has 0 unspecified atom stereocenters. The fourth-order valence-electron chi connectivity index (χ4n) is 5.75. The van der Waals surface area contributed by atoms with E-state index in [4.69, 9.17) is 28.4 Å². The van der Waals surface area contributed by atoms with Gasteiger partial charge in [-0.15, -0.1) is 0 Å². The van der Waals surface area contributed by atoms with Crippen molar-refractivity contribution < 1.29 is 93.9 Å². The van der Waals surface area contributed by atoms with E-state index in [2.05, 4.69) is 10.6 Å². The second-order valence-electron chi connectivity index (χ2n) is 11.4. The van der Waals surface area contributed by atoms with Gasteiger partial charge in [0.15, 0.2) is 12.6 Å². The normalized spacial score (nSPS) is 42.3. The third-order valence-corrected chi connectivity index (χ3v) is 8.08. The van der Waals surface area contributed by atoms with Crippen LogP contribution < -0.4 is 10.6 Å². The van der Waals surface area contributed by atoms with Crippen LogP contribution >= 0.6 is 0 Å². The van der Waals surface area contributed by atoms with Crippen LogP contribution in [-0.4, -0.2) is 193 Å². The number of carboxylic acids is 1. The third-order valence-electron chi connectivity index (χ3n) is 8.08. The SMILES string of the molecule is CO[C@@H]1O[C@H](CO)[C@@H](O)[C@H](O[C@@H]2O[C@H](CO)[C@H](O)[C@H](O[C@]3(C(=O)O)C[C@H](O)[C@@H](NC(C)=O)[C@H]([C@H](O)[C@H](O)CO)O3)[C@H]2O)[C@H]1NC(C)=O. The van der Waals surface area contributed by atoms with Gasteiger partial charge < -0.3 is 90.1 Å². The van der Waals surface area contributed by atoms with Gasteiger partial charge in [0.2, 0.25) is 11.8 Å². The maximum Gasteiger partial charge on any atom is 0.364 e. The number of hydrogen-bond acceptors (Lipinski definition) is 18. The smallest absolute Gasteiger partial charge is 0.364 e. The van der Waals surface area contributed by atoms with E-state index in [0.29, 0.717) is 0 Å². The highest BCUT2D eigenvalue weighted by Crippen LogP contribution is 2.38. The van der Waals surface area contributed by atoms with Crippen molar-refractivity contribution >= 4 is 17.8 Å². The van der Waals surface area contributed by atoms with Crippen molar-refractivity contribution in [2.75, 3.05) is 26.9 Å². The molecule has 0 radical (unpaired) electrons. The van der Waals surface area contributed by atoms with Gasteiger partial charge in [0, 0.05) is 27.4 Å². The van der Waals surface area contributed by atoms with Gasteiger partial charge in [-0.05, 0) is 0 Å². The average molecular weight is 689 g/mol. The topological polar surface area (TPSA) is 333 Å². The first-order chi connectivity index (χ1) is 22.0. The summed E-state index contributed by atoms with van der Waals surface area (Å²) < 4.78 is 33.2. The number of rotatable bonds is 13. The molecule has 272 valence electrons. The van der Waals surface area contributed by atoms with E-state index in [9.17, 15) is 65.4 Å². The largest absolute Gasteiger partial charge is 0.477 e. The molecule has 2 amide bonds. The predicted octanol–water partition coefficient (Wildman–Crippen LogP) is -7.43. The van der Waals surface area contributed by atoms with Crippen LogP contribution in [0.1, 0.15) is 20.3 Å². The van der Waals surface area contributed by atoms with Gasteiger partial charge >= 0.3 is 5.97 Å². The first kappa shape index (κ1) is 39.3. The van der Waals surface area contributed by atoms with E-state index >= 15 is 0 Å². The maximum atomic E-state index is 12.7. The van der Waals surface area contributed by atoms with Crippen LogP contribution in [0, 0.1) is 0 Å². The fourth-order valence-corrected chi connectivity index (χ4v) is 5.75. The fraction of sp³-hybridized carbons (Fsp3) is 0.885. The molecule has 3 aliphatic heterocycles. The molecule has 3 rings (SSSR count). The Morgan fingerprint density at radius 2 is 1.38 bits per heavy atom. The van der Waals surface area contributed by atoms with Crippen LogP contribution in [0.25, 0.3) is 0 Å². The standard InChI is InChI=1S/C26H44N2O19/c1-8(32)27-14-10(34)4-26(25(40)41,46-21(14)16(36)11(35)5-29)47-22-18(38)13(7-31)44-24(19(22)39)45-20-15(28-9(2)33)23(42-3)43-12(6-30)17(20)37/h10-24,29-31,34-39H,4-7H2,1-3H3,(H,27,32)(H,28,33)(H,40,41)/t10-,11+,12+,13+,14+,15+,16+,17+,18-,19+,20+,21+,22-,23+,24-,26-/m0/s1. The molecule has 0 aliphatic carbocycles. The Morgan fingerprint density at radius 3 is 1.87 bits per heavy atom. The average Bonchev–Trinajstić information content (AvgIpc) is 3.02. The summed E-state index contributed by atoms with van der Waals surface area (Å²) >= 11 is 0. The lowest BCUT2D eigenvalue weighted by Crippen LogP contribution is -2.71. The Balaban J connectivity index is 1.99. The number of carbonyl (C=O) groups is 3. The van der Waals surface area contributed by atoms with Gasteiger partial charge in [0.25, 0.3) is 5.79 Å². The Kier molecular flexibility index (Phi) is 13.8. The third kappa shape index (κ3) is 8.52. The second-order valence-corrected chi connectivity index (χ2v) is 11.4. The molecule has 0 aromatic rings. The van der Waals surface area contributed by atoms with E-state index < -0.39 is 142 Å². The summed E-state index contributed by atoms with van der Waals surface area (Å²) in [6.45, 7) is -0.576. The number of carboxylic acid groups (broad SMARTS) is 1. The van der Waals surface area contributed by atoms with Gasteiger partial charge in [-0.1, -0.05) is 0 Å². The number of ether oxygens (including phenoxy) is 6. The summed E-state index contributed by atoms with van der Waals surface area (Å²) in [5, 5.41) is 109. The highest BCUT2D eigenvalue weighted by molar-refractivity contribution is 5.76. The van der Waals surface area contributed by atoms with E-state index in [0.717, 1.165) is 13.8 Å². The molecule has 3 heterocycles. The Labute approximate surface area is 267 Å². The molecule has 0 aromatic carbocycles. The zero-order valence-electron chi connectivity index (χ0n) is 25.6. The van der Waals surface area contributed by atoms with Crippen LogP contribution in [0.4, 0.5) is 0 Å². The molecule has 47 heavy (non-hydrogen) atoms. The highest BCUT2D eigenvalue weighted by Gasteiger charge is 2.60. The first-order valence-electron chi connectivity index (χ1n) is 14.6. The highest BCUT2D eigenvalue weighted by atomic mass is 16.8. The monoisotopic (exact) mass is 688 g/mol. The van der Waals surface area contributed by atoms with Crippen molar-refractivity contribution in [2.45, 2.75) is 118 Å². The number of methoxy groups -OCH3 is 1. The Bertz CT molecular complexity index is 1070. The quantitative estimate of drug-likeness (QED) is 0.0854. The molecular formula is C26H44N2O19. The summed E-state index contributed by atoms with van der Waals surface area (Å²) in [7, 11) is 1.20. The zero-order chi connectivity index (χ0) is 35.4. The van der Waals surface area contributed by atoms with E-state index in [1.165, 1.54) is 7.11 Å². The number of hydrogen-bond donors (Lipinski definition) is 12. The van der Waals surface area contributed by atoms with Crippen LogP contribution in [-0.2, 0) is 42.8 Å². The number of aliphatic carboxylic acids is 1. The molecule has 0 saturated carbocycles. The summed E-state index contributed by atoms with van der Waals surface area (Å²) in [6.07, 6.45) is -24.7. The predicted molar refractivity (Wildman–Crippen MR) is 146 cm³/mol. The number of carbonyl (C=O) groups excluding carboxylic acids is 2. The van der Waals surface area contributed by atoms with Crippen molar-refractivity contribution in [1.29, 1.82) is 0 Å². The van der Waals surface area contributed by atoms with E-state index in [-0.39, 0.29) is 0 Å². The lowest BCUT2D eigenvalue weighted by atomic mass is 9.88. The minimum atomic E-state index is -3.02. The van der Waals surface area contributed by atoms with Crippen molar-refractivity contribution in [2.24, 2.45) is 0 Å². The molecule has 3 aliphatic rings. The first-order valence-corrected chi connectivity index (χ1v) is 14.6. The van der Waals surface area contributed by atoms with Crippen LogP contribution in [0.3, 0.4) is 0 Å². The Morgan fingerprint density at radius 1 is 0.851 bits per heavy atom. The number of amides is 2. The molecule has 0 bridgehead atoms. The van der Waals surface area contributed by atoms with Crippen LogP contribution in [0.2, 0.25) is 0 Å². The molecule has 3 saturated heterocycles. The summed E-state index contributed by atoms with van der Waals surface area (Å²) in [5.74, 6) is -6.36. The van der Waals surface area contributed by atoms with Crippen molar-refractivity contribution in [3.63, 3.8) is 0 Å². The molecule has 21 nitrogen and oxygen atoms in total. The second kappa shape index (κ2) is 16.5. The summed E-state index contributed by atoms with van der Waals surface area (Å²) in [6, 6.07) is -2.84. The lowest BCUT2D eigenvalue weighted by Gasteiger charge is -2.51. The van der Waals surface area contributed by atoms with E-state index in [1.54, 1.807) is 0 Å². The Hall–Kier alpha value is -2.19. The van der Waals surface area contributed by atoms with Gasteiger partial charge in [-0.25, -0.2) is 4.79 Å². The van der Waals surface area contributed by atoms with Gasteiger partial charge in [0.05, 0.1) is 32.0 Å². The van der Waals surface area contributed by atoms with Crippen molar-refractivity contribution in [3.8, 4) is 0 Å². The number of aliphatic hydroxyl groups is 9. The molecule has 12 N–H and O–H groups in total. The van der Waals surface area contributed by atoms with Gasteiger partial charge in [0.1, 0.15) is 67.1 Å². The molecule has 3 fully saturated rings. The summed E-state index contributed by atoms with van der Waals surface area (Å²) in [5.41, 5.74) is 0. The molecule has 21 heteroatoms. The number of aliphatic hydroxyl groups excluding tert-OH is 9. The minimum absolute atomic E-state index is 0.629. The number of nitrogens with one attached hydrogen (secondary N) is 2. The van der Waals surface area contributed by atoms with E-state index in [1.807, 2.05) is 0 Å². The minimum Gasteiger partial charge on any atom is -0.477 e. The maximum absolute atomic E-state index is 12.7. The lowest BCUT2D eigenvalue weighted by molar-refractivity contribution is -0.381. The van der Waals surface area contributed by atoms with Crippen molar-refractivity contribution in [1.82, 2.24) is 10.6 Å². The van der Waals surface area contributed by atoms with Gasteiger partial charge in [-0.3, -0.25) is 9.59 Å². The van der Waals surface area contributed by atoms with Crippen molar-refractivity contribution in [3.05, 3.63) is 0 Å². The van der Waals surface area contributed by atoms with Crippen LogP contribution in [0.15, 0.2) is 0 Å². The molecule has 16 atom stereocenters. The molecule has 0 aromatic heterocycles. The molecule has 0 spiro atoms. The van der Waals surface area contributed by atoms with Crippen LogP contribution in [0.5, 0.6) is 0 Å². The summed E-state index contributed by atoms with van der Waals surface area (Å²) in [4.78, 5) is 36.4.